The highest BCUT2D eigenvalue weighted by Crippen LogP contribution is 2.34. The first-order valence-corrected chi connectivity index (χ1v) is 10.3. The van der Waals surface area contributed by atoms with Gasteiger partial charge in [0.15, 0.2) is 5.78 Å². The summed E-state index contributed by atoms with van der Waals surface area (Å²) in [6, 6.07) is 4.08. The van der Waals surface area contributed by atoms with Crippen molar-refractivity contribution in [1.82, 2.24) is 15.0 Å². The lowest BCUT2D eigenvalue weighted by molar-refractivity contribution is -0.113. The van der Waals surface area contributed by atoms with E-state index in [-0.39, 0.29) is 5.78 Å². The molecule has 2 aromatic heterocycles. The van der Waals surface area contributed by atoms with Crippen LogP contribution in [0.1, 0.15) is 38.2 Å². The van der Waals surface area contributed by atoms with E-state index in [1.54, 1.807) is 26.4 Å². The molecule has 3 heterocycles. The van der Waals surface area contributed by atoms with E-state index in [9.17, 15) is 4.79 Å². The zero-order chi connectivity index (χ0) is 20.9. The minimum atomic E-state index is 0.0999. The van der Waals surface area contributed by atoms with Crippen LogP contribution in [-0.2, 0) is 9.53 Å². The highest BCUT2D eigenvalue weighted by Gasteiger charge is 2.30. The summed E-state index contributed by atoms with van der Waals surface area (Å²) in [6.45, 7) is 3.23. The lowest BCUT2D eigenvalue weighted by Crippen LogP contribution is -2.39. The molecule has 0 radical (unpaired) electrons. The Morgan fingerprint density at radius 1 is 1.20 bits per heavy atom. The number of rotatable bonds is 8. The number of pyridine rings is 1. The molecule has 0 amide bonds. The van der Waals surface area contributed by atoms with Gasteiger partial charge in [0.25, 0.3) is 0 Å². The number of nitrogens with one attached hydrogen (secondary N) is 1. The molecule has 1 saturated carbocycles. The molecule has 0 unspecified atom stereocenters. The molecule has 8 nitrogen and oxygen atoms in total. The van der Waals surface area contributed by atoms with Gasteiger partial charge in [-0.3, -0.25) is 4.79 Å². The third-order valence-corrected chi connectivity index (χ3v) is 5.49. The largest absolute Gasteiger partial charge is 0.490 e. The highest BCUT2D eigenvalue weighted by molar-refractivity contribution is 6.00. The van der Waals surface area contributed by atoms with Crippen LogP contribution in [0.3, 0.4) is 0 Å². The molecule has 1 aliphatic heterocycles. The SMILES string of the molecule is COCCOc1ccc(Nc2ncc3c(n2)N(C2CCCC2)CC(C(C)=O)=C3)nc1. The number of carbonyl (C=O) groups is 1. The van der Waals surface area contributed by atoms with Gasteiger partial charge in [-0.1, -0.05) is 12.8 Å². The maximum absolute atomic E-state index is 12.0. The van der Waals surface area contributed by atoms with Crippen molar-refractivity contribution < 1.29 is 14.3 Å². The maximum Gasteiger partial charge on any atom is 0.230 e. The van der Waals surface area contributed by atoms with Crippen LogP contribution in [0.25, 0.3) is 6.08 Å². The number of fused-ring (bicyclic) bond motifs is 1. The molecule has 1 fully saturated rings. The second-order valence-electron chi connectivity index (χ2n) is 7.61. The molecular formula is C22H27N5O3. The molecule has 8 heteroatoms. The Bertz CT molecular complexity index is 923. The quantitative estimate of drug-likeness (QED) is 0.664. The Morgan fingerprint density at radius 2 is 2.03 bits per heavy atom. The maximum atomic E-state index is 12.0. The average Bonchev–Trinajstić information content (AvgIpc) is 3.29. The number of hydrogen-bond acceptors (Lipinski definition) is 8. The van der Waals surface area contributed by atoms with Crippen molar-refractivity contribution in [2.45, 2.75) is 38.6 Å². The normalized spacial score (nSPS) is 16.2. The molecular weight excluding hydrogens is 382 g/mol. The van der Waals surface area contributed by atoms with E-state index in [1.165, 1.54) is 12.8 Å². The number of nitrogens with zero attached hydrogens (tertiary/aromatic N) is 4. The molecule has 4 rings (SSSR count). The van der Waals surface area contributed by atoms with Crippen molar-refractivity contribution in [3.63, 3.8) is 0 Å². The third kappa shape index (κ3) is 4.59. The monoisotopic (exact) mass is 409 g/mol. The Balaban J connectivity index is 1.53. The molecule has 2 aromatic rings. The van der Waals surface area contributed by atoms with Crippen LogP contribution in [0.2, 0.25) is 0 Å². The van der Waals surface area contributed by atoms with Gasteiger partial charge in [0.05, 0.1) is 12.8 Å². The van der Waals surface area contributed by atoms with Crippen molar-refractivity contribution in [2.24, 2.45) is 0 Å². The van der Waals surface area contributed by atoms with E-state index in [0.717, 1.165) is 29.8 Å². The number of carbonyl (C=O) groups excluding carboxylic acids is 1. The minimum absolute atomic E-state index is 0.0999. The molecule has 0 atom stereocenters. The van der Waals surface area contributed by atoms with E-state index in [2.05, 4.69) is 20.2 Å². The number of ketones is 1. The van der Waals surface area contributed by atoms with E-state index in [1.807, 2.05) is 18.2 Å². The van der Waals surface area contributed by atoms with Crippen molar-refractivity contribution in [3.8, 4) is 5.75 Å². The second kappa shape index (κ2) is 9.21. The van der Waals surface area contributed by atoms with Gasteiger partial charge < -0.3 is 19.7 Å². The molecule has 2 aliphatic rings. The summed E-state index contributed by atoms with van der Waals surface area (Å²) in [4.78, 5) is 27.9. The second-order valence-corrected chi connectivity index (χ2v) is 7.61. The summed E-state index contributed by atoms with van der Waals surface area (Å²) in [5.74, 6) is 2.78. The zero-order valence-electron chi connectivity index (χ0n) is 17.4. The number of Topliss-reactive ketones (excluding diaryl/α,β-unsaturated/α-hetero) is 1. The Morgan fingerprint density at radius 3 is 2.73 bits per heavy atom. The molecule has 0 aromatic carbocycles. The third-order valence-electron chi connectivity index (χ3n) is 5.49. The van der Waals surface area contributed by atoms with E-state index in [4.69, 9.17) is 14.5 Å². The average molecular weight is 409 g/mol. The van der Waals surface area contributed by atoms with Crippen LogP contribution in [-0.4, -0.2) is 53.6 Å². The molecule has 30 heavy (non-hydrogen) atoms. The van der Waals surface area contributed by atoms with Crippen molar-refractivity contribution >= 4 is 29.4 Å². The van der Waals surface area contributed by atoms with Gasteiger partial charge in [0, 0.05) is 37.0 Å². The Kier molecular flexibility index (Phi) is 6.23. The molecule has 1 N–H and O–H groups in total. The number of anilines is 3. The summed E-state index contributed by atoms with van der Waals surface area (Å²) in [5.41, 5.74) is 1.70. The van der Waals surface area contributed by atoms with E-state index in [0.29, 0.717) is 43.3 Å². The van der Waals surface area contributed by atoms with Gasteiger partial charge >= 0.3 is 0 Å². The van der Waals surface area contributed by atoms with Crippen LogP contribution in [0, 0.1) is 0 Å². The summed E-state index contributed by atoms with van der Waals surface area (Å²) in [6.07, 6.45) is 10.0. The number of methoxy groups -OCH3 is 1. The first kappa shape index (κ1) is 20.3. The van der Waals surface area contributed by atoms with Crippen LogP contribution < -0.4 is 15.0 Å². The van der Waals surface area contributed by atoms with Gasteiger partial charge in [0.1, 0.15) is 24.0 Å². The summed E-state index contributed by atoms with van der Waals surface area (Å²) in [5, 5.41) is 3.17. The standard InChI is InChI=1S/C22H27N5O3/c1-15(28)17-11-16-12-24-22(26-21(16)27(14-17)18-5-3-4-6-18)25-20-8-7-19(13-23-20)30-10-9-29-2/h7-8,11-13,18H,3-6,9-10,14H2,1-2H3,(H,23,24,25,26). The van der Waals surface area contributed by atoms with Crippen molar-refractivity contribution in [1.29, 1.82) is 0 Å². The fourth-order valence-electron chi connectivity index (χ4n) is 3.89. The predicted octanol–water partition coefficient (Wildman–Crippen LogP) is 3.38. The Labute approximate surface area is 176 Å². The first-order valence-electron chi connectivity index (χ1n) is 10.3. The zero-order valence-corrected chi connectivity index (χ0v) is 17.4. The van der Waals surface area contributed by atoms with Gasteiger partial charge in [-0.2, -0.15) is 4.98 Å². The van der Waals surface area contributed by atoms with E-state index >= 15 is 0 Å². The van der Waals surface area contributed by atoms with Crippen LogP contribution in [0.4, 0.5) is 17.6 Å². The molecule has 1 aliphatic carbocycles. The predicted molar refractivity (Wildman–Crippen MR) is 115 cm³/mol. The topological polar surface area (TPSA) is 89.5 Å². The number of hydrogen-bond donors (Lipinski definition) is 1. The fourth-order valence-corrected chi connectivity index (χ4v) is 3.89. The molecule has 0 spiro atoms. The van der Waals surface area contributed by atoms with Crippen molar-refractivity contribution in [2.75, 3.05) is 37.1 Å². The van der Waals surface area contributed by atoms with Gasteiger partial charge in [-0.25, -0.2) is 9.97 Å². The van der Waals surface area contributed by atoms with Crippen LogP contribution >= 0.6 is 0 Å². The molecule has 158 valence electrons. The fraction of sp³-hybridized carbons (Fsp3) is 0.455. The summed E-state index contributed by atoms with van der Waals surface area (Å²) < 4.78 is 10.5. The van der Waals surface area contributed by atoms with Gasteiger partial charge in [-0.15, -0.1) is 0 Å². The minimum Gasteiger partial charge on any atom is -0.490 e. The lowest BCUT2D eigenvalue weighted by Gasteiger charge is -2.34. The van der Waals surface area contributed by atoms with Gasteiger partial charge in [0.2, 0.25) is 5.95 Å². The van der Waals surface area contributed by atoms with Crippen molar-refractivity contribution in [3.05, 3.63) is 35.7 Å². The van der Waals surface area contributed by atoms with Crippen LogP contribution in [0.5, 0.6) is 5.75 Å². The first-order chi connectivity index (χ1) is 14.6. The summed E-state index contributed by atoms with van der Waals surface area (Å²) in [7, 11) is 1.64. The highest BCUT2D eigenvalue weighted by atomic mass is 16.5. The Hall–Kier alpha value is -3.00. The number of ether oxygens (including phenoxy) is 2. The van der Waals surface area contributed by atoms with Gasteiger partial charge in [-0.05, 0) is 38.0 Å². The molecule has 0 bridgehead atoms. The smallest absolute Gasteiger partial charge is 0.230 e. The number of aromatic nitrogens is 3. The van der Waals surface area contributed by atoms with Crippen LogP contribution in [0.15, 0.2) is 30.1 Å². The van der Waals surface area contributed by atoms with E-state index < -0.39 is 0 Å². The summed E-state index contributed by atoms with van der Waals surface area (Å²) >= 11 is 0. The lowest BCUT2D eigenvalue weighted by atomic mass is 10.0. The molecule has 0 saturated heterocycles.